The Balaban J connectivity index is 0.000000435. The van der Waals surface area contributed by atoms with E-state index in [4.69, 9.17) is 0 Å². The summed E-state index contributed by atoms with van der Waals surface area (Å²) >= 11 is 0. The third-order valence-electron chi connectivity index (χ3n) is 18.4. The van der Waals surface area contributed by atoms with Gasteiger partial charge < -0.3 is 0 Å². The Morgan fingerprint density at radius 1 is 0.292 bits per heavy atom. The molecule has 0 saturated heterocycles. The van der Waals surface area contributed by atoms with Crippen LogP contribution in [0.4, 0.5) is 0 Å². The predicted octanol–water partition coefficient (Wildman–Crippen LogP) is 24.4. The van der Waals surface area contributed by atoms with E-state index < -0.39 is 0 Å². The van der Waals surface area contributed by atoms with Crippen molar-refractivity contribution in [3.63, 3.8) is 0 Å². The van der Waals surface area contributed by atoms with E-state index in [9.17, 15) is 0 Å². The third-order valence-corrected chi connectivity index (χ3v) is 18.4. The lowest BCUT2D eigenvalue weighted by Crippen LogP contribution is -2.53. The van der Waals surface area contributed by atoms with Gasteiger partial charge in [0.05, 0.1) is 0 Å². The monoisotopic (exact) mass is 1000 g/mol. The highest BCUT2D eigenvalue weighted by Gasteiger charge is 2.57. The number of hydrogen-bond acceptors (Lipinski definition) is 0. The van der Waals surface area contributed by atoms with Gasteiger partial charge in [-0.1, -0.05) is 265 Å². The quantitative estimate of drug-likeness (QED) is 0.243. The molecule has 0 aliphatic heterocycles. The Bertz CT molecular complexity index is 1490. The average Bonchev–Trinajstić information content (AvgIpc) is 3.81. The van der Waals surface area contributed by atoms with Crippen LogP contribution in [-0.4, -0.2) is 0 Å². The summed E-state index contributed by atoms with van der Waals surface area (Å²) in [6.45, 7) is 74.5. The largest absolute Gasteiger partial charge is 0.0622 e. The molecular weight excluding hydrogens is 865 g/mol. The summed E-state index contributed by atoms with van der Waals surface area (Å²) in [6.07, 6.45) is 20.9. The van der Waals surface area contributed by atoms with Crippen molar-refractivity contribution in [3.8, 4) is 0 Å². The standard InChI is InChI=1S/C16H30.C15H28.C12H24.C10H14.C9H18.2C5H12/c1-15(2,3)13-7-11-9-14(16(4,5)6)10-12(11)8-13;1-13(2,3)11-7-15(8-11)9-12(10-15)14(4,5)6;1-11(2,3)9-7-10(8-9)12(4,5)6;1-10(2,3)9-7-5-4-6-8-9;1-9(2,3)8-6-4-5-7-8;2*1-5(2,3)4/h11-14H,7-10H2,1-6H3;11-12H,7-10H2,1-6H3;9-10H,7-8H2,1-6H3;4-8H,1-3H3;8H,4-7H2,1-3H3;2*1-4H3. The van der Waals surface area contributed by atoms with Crippen molar-refractivity contribution in [1.82, 2.24) is 0 Å². The zero-order valence-corrected chi connectivity index (χ0v) is 56.0. The summed E-state index contributed by atoms with van der Waals surface area (Å²) in [7, 11) is 0. The number of benzene rings is 1. The molecule has 72 heavy (non-hydrogen) atoms. The Hall–Kier alpha value is -0.780. The maximum Gasteiger partial charge on any atom is -0.0132 e. The van der Waals surface area contributed by atoms with Crippen LogP contribution in [0.5, 0.6) is 0 Å². The molecule has 0 amide bonds. The molecule has 0 heterocycles. The molecule has 0 unspecified atom stereocenters. The maximum absolute atomic E-state index is 2.43. The number of fused-ring (bicyclic) bond motifs is 1. The fraction of sp³-hybridized carbons (Fsp3) is 0.917. The van der Waals surface area contributed by atoms with Crippen molar-refractivity contribution >= 4 is 0 Å². The van der Waals surface area contributed by atoms with Crippen LogP contribution in [0.25, 0.3) is 0 Å². The molecule has 1 aromatic carbocycles. The molecule has 0 nitrogen and oxygen atoms in total. The second kappa shape index (κ2) is 25.8. The highest BCUT2D eigenvalue weighted by molar-refractivity contribution is 5.22. The molecule has 6 aliphatic rings. The first kappa shape index (κ1) is 69.2. The Labute approximate surface area is 458 Å². The number of rotatable bonds is 0. The molecule has 0 aromatic heterocycles. The molecule has 0 heteroatoms. The van der Waals surface area contributed by atoms with E-state index in [1.54, 1.807) is 0 Å². The molecule has 0 atom stereocenters. The Morgan fingerprint density at radius 2 is 0.514 bits per heavy atom. The molecule has 426 valence electrons. The zero-order valence-electron chi connectivity index (χ0n) is 56.0. The highest BCUT2D eigenvalue weighted by atomic mass is 14.6. The van der Waals surface area contributed by atoms with Crippen LogP contribution in [0.2, 0.25) is 0 Å². The van der Waals surface area contributed by atoms with Gasteiger partial charge in [0.1, 0.15) is 0 Å². The van der Waals surface area contributed by atoms with Crippen LogP contribution in [0, 0.1) is 107 Å². The van der Waals surface area contributed by atoms with Crippen LogP contribution >= 0.6 is 0 Å². The minimum absolute atomic E-state index is 0.293. The van der Waals surface area contributed by atoms with E-state index in [0.717, 1.165) is 58.7 Å². The van der Waals surface area contributed by atoms with Gasteiger partial charge in [-0.15, -0.1) is 0 Å². The van der Waals surface area contributed by atoms with Crippen LogP contribution in [-0.2, 0) is 5.41 Å². The summed E-state index contributed by atoms with van der Waals surface area (Å²) in [5, 5.41) is 0. The maximum atomic E-state index is 2.43. The first-order valence-electron chi connectivity index (χ1n) is 30.8. The van der Waals surface area contributed by atoms with E-state index in [1.807, 2.05) is 0 Å². The molecule has 1 aromatic rings. The van der Waals surface area contributed by atoms with E-state index in [-0.39, 0.29) is 0 Å². The van der Waals surface area contributed by atoms with Crippen molar-refractivity contribution in [2.75, 3.05) is 0 Å². The average molecular weight is 1000 g/mol. The van der Waals surface area contributed by atoms with Gasteiger partial charge in [-0.3, -0.25) is 0 Å². The van der Waals surface area contributed by atoms with Gasteiger partial charge in [0, 0.05) is 0 Å². The Kier molecular flexibility index (Phi) is 24.8. The molecule has 6 saturated carbocycles. The second-order valence-electron chi connectivity index (χ2n) is 37.6. The SMILES string of the molecule is CC(C)(C)C.CC(C)(C)C.CC(C)(C)C1CC(C(C)(C)C)C1.CC(C)(C)C1CC2(C1)CC(C(C)(C)C)C2.CC(C)(C)C1CC2CC(C(C)(C)C)CC2C1.CC(C)(C)C1CCCC1.CC(C)(C)c1ccccc1. The van der Waals surface area contributed by atoms with E-state index in [1.165, 1.54) is 95.5 Å². The second-order valence-corrected chi connectivity index (χ2v) is 37.6. The fourth-order valence-electron chi connectivity index (χ4n) is 12.3. The predicted molar refractivity (Wildman–Crippen MR) is 330 cm³/mol. The van der Waals surface area contributed by atoms with Crippen LogP contribution in [0.15, 0.2) is 30.3 Å². The fourth-order valence-corrected chi connectivity index (χ4v) is 12.3. The van der Waals surface area contributed by atoms with Gasteiger partial charge in [-0.25, -0.2) is 0 Å². The molecule has 6 fully saturated rings. The molecule has 7 rings (SSSR count). The van der Waals surface area contributed by atoms with Crippen molar-refractivity contribution in [2.24, 2.45) is 107 Å². The molecule has 6 aliphatic carbocycles. The summed E-state index contributed by atoms with van der Waals surface area (Å²) < 4.78 is 0. The minimum atomic E-state index is 0.293. The first-order valence-corrected chi connectivity index (χ1v) is 30.8. The van der Waals surface area contributed by atoms with Gasteiger partial charge in [0.2, 0.25) is 0 Å². The molecule has 0 radical (unpaired) electrons. The Morgan fingerprint density at radius 3 is 0.694 bits per heavy atom. The van der Waals surface area contributed by atoms with Crippen molar-refractivity contribution in [2.45, 2.75) is 317 Å². The van der Waals surface area contributed by atoms with Gasteiger partial charge in [-0.2, -0.15) is 0 Å². The molecule has 0 bridgehead atoms. The molecule has 0 N–H and O–H groups in total. The summed E-state index contributed by atoms with van der Waals surface area (Å²) in [6, 6.07) is 10.6. The van der Waals surface area contributed by atoms with Gasteiger partial charge in [0.25, 0.3) is 0 Å². The van der Waals surface area contributed by atoms with Crippen molar-refractivity contribution in [1.29, 1.82) is 0 Å². The lowest BCUT2D eigenvalue weighted by molar-refractivity contribution is -0.129. The van der Waals surface area contributed by atoms with Crippen LogP contribution < -0.4 is 0 Å². The number of hydrogen-bond donors (Lipinski definition) is 0. The van der Waals surface area contributed by atoms with Crippen molar-refractivity contribution < 1.29 is 0 Å². The lowest BCUT2D eigenvalue weighted by atomic mass is 9.42. The smallest absolute Gasteiger partial charge is 0.0132 e. The molecular formula is C72H138. The normalized spacial score (nSPS) is 28.9. The van der Waals surface area contributed by atoms with Gasteiger partial charge in [0.15, 0.2) is 0 Å². The highest BCUT2D eigenvalue weighted by Crippen LogP contribution is 2.67. The van der Waals surface area contributed by atoms with E-state index in [2.05, 4.69) is 252 Å². The third kappa shape index (κ3) is 26.5. The topological polar surface area (TPSA) is 0 Å². The van der Waals surface area contributed by atoms with Crippen LogP contribution in [0.1, 0.15) is 317 Å². The zero-order chi connectivity index (χ0) is 56.7. The summed E-state index contributed by atoms with van der Waals surface area (Å²) in [4.78, 5) is 0. The van der Waals surface area contributed by atoms with Crippen LogP contribution in [0.3, 0.4) is 0 Å². The molecule has 1 spiro atoms. The van der Waals surface area contributed by atoms with Gasteiger partial charge >= 0.3 is 0 Å². The van der Waals surface area contributed by atoms with Crippen molar-refractivity contribution in [3.05, 3.63) is 35.9 Å². The van der Waals surface area contributed by atoms with E-state index in [0.29, 0.717) is 54.1 Å². The lowest BCUT2D eigenvalue weighted by Gasteiger charge is -2.63. The summed E-state index contributed by atoms with van der Waals surface area (Å²) in [5.74, 6) is 9.06. The van der Waals surface area contributed by atoms with E-state index >= 15 is 0 Å². The summed E-state index contributed by atoms with van der Waals surface area (Å²) in [5.41, 5.74) is 7.35. The first-order chi connectivity index (χ1) is 31.7. The minimum Gasteiger partial charge on any atom is -0.0622 e. The van der Waals surface area contributed by atoms with Gasteiger partial charge in [-0.05, 0) is 195 Å².